The van der Waals surface area contributed by atoms with Crippen LogP contribution in [0.25, 0.3) is 0 Å². The van der Waals surface area contributed by atoms with Crippen molar-refractivity contribution in [3.63, 3.8) is 0 Å². The maximum Gasteiger partial charge on any atom is 0.472 e. The molecule has 0 fully saturated rings. The molecule has 0 saturated carbocycles. The summed E-state index contributed by atoms with van der Waals surface area (Å²) >= 11 is 0. The van der Waals surface area contributed by atoms with E-state index in [9.17, 15) is 19.0 Å². The van der Waals surface area contributed by atoms with Crippen molar-refractivity contribution in [1.82, 2.24) is 0 Å². The molecule has 0 aliphatic carbocycles. The molecule has 3 N–H and O–H groups in total. The second kappa shape index (κ2) is 65.2. The molecule has 2 unspecified atom stereocenters. The highest BCUT2D eigenvalue weighted by atomic mass is 31.2. The first-order valence-corrected chi connectivity index (χ1v) is 36.5. The molecule has 0 rings (SSSR count). The van der Waals surface area contributed by atoms with Gasteiger partial charge in [0.15, 0.2) is 6.10 Å². The third-order valence-electron chi connectivity index (χ3n) is 16.2. The molecule has 0 spiro atoms. The van der Waals surface area contributed by atoms with Gasteiger partial charge in [0.1, 0.15) is 6.61 Å². The molecule has 0 aliphatic rings. The van der Waals surface area contributed by atoms with Crippen LogP contribution in [0.5, 0.6) is 0 Å². The second-order valence-corrected chi connectivity index (χ2v) is 25.6. The molecular weight excluding hydrogens is 990 g/mol. The van der Waals surface area contributed by atoms with E-state index in [4.69, 9.17) is 24.3 Å². The van der Waals surface area contributed by atoms with Crippen molar-refractivity contribution < 1.29 is 37.6 Å². The van der Waals surface area contributed by atoms with Gasteiger partial charge in [-0.3, -0.25) is 18.6 Å². The largest absolute Gasteiger partial charge is 0.472 e. The Hall–Kier alpha value is -0.990. The maximum atomic E-state index is 12.7. The van der Waals surface area contributed by atoms with Crippen molar-refractivity contribution >= 4 is 19.8 Å². The summed E-state index contributed by atoms with van der Waals surface area (Å²) in [5.41, 5.74) is 5.40. The first-order valence-electron chi connectivity index (χ1n) is 35.0. The number of rotatable bonds is 68. The van der Waals surface area contributed by atoms with E-state index in [1.807, 2.05) is 0 Å². The Balaban J connectivity index is 3.71. The first kappa shape index (κ1) is 77.0. The summed E-state index contributed by atoms with van der Waals surface area (Å²) in [6.45, 7) is 3.84. The first-order chi connectivity index (χ1) is 38.3. The fraction of sp³-hybridized carbons (Fsp3) is 0.971. The van der Waals surface area contributed by atoms with E-state index in [1.165, 1.54) is 327 Å². The van der Waals surface area contributed by atoms with Gasteiger partial charge in [0.25, 0.3) is 0 Å². The second-order valence-electron chi connectivity index (χ2n) is 24.1. The van der Waals surface area contributed by atoms with Gasteiger partial charge in [-0.1, -0.05) is 367 Å². The molecule has 78 heavy (non-hydrogen) atoms. The molecule has 0 heterocycles. The molecule has 0 aliphatic heterocycles. The van der Waals surface area contributed by atoms with E-state index >= 15 is 0 Å². The standard InChI is InChI=1S/C68H136NO8P/c1-3-5-7-9-11-13-15-17-19-21-23-24-25-26-27-28-29-30-31-32-33-34-35-36-37-38-39-40-41-42-43-45-47-49-51-53-55-57-59-61-68(71)77-66(65-76-78(72,73)75-63-62-69)64-74-67(70)60-58-56-54-52-50-48-46-44-22-20-18-16-14-12-10-8-6-4-2/h66H,3-65,69H2,1-2H3,(H,72,73). The highest BCUT2D eigenvalue weighted by Crippen LogP contribution is 2.43. The van der Waals surface area contributed by atoms with Crippen molar-refractivity contribution in [2.45, 2.75) is 399 Å². The van der Waals surface area contributed by atoms with E-state index < -0.39 is 26.5 Å². The van der Waals surface area contributed by atoms with Gasteiger partial charge in [-0.05, 0) is 12.8 Å². The quantitative estimate of drug-likeness (QED) is 0.0347. The molecule has 0 aromatic carbocycles. The summed E-state index contributed by atoms with van der Waals surface area (Å²) in [6, 6.07) is 0. The van der Waals surface area contributed by atoms with Gasteiger partial charge in [0.2, 0.25) is 0 Å². The minimum atomic E-state index is -4.38. The normalized spacial score (nSPS) is 12.8. The van der Waals surface area contributed by atoms with E-state index in [2.05, 4.69) is 13.8 Å². The summed E-state index contributed by atoms with van der Waals surface area (Å²) in [5.74, 6) is -0.800. The molecular formula is C68H136NO8P. The van der Waals surface area contributed by atoms with Gasteiger partial charge in [0.05, 0.1) is 13.2 Å². The van der Waals surface area contributed by atoms with E-state index in [-0.39, 0.29) is 38.6 Å². The lowest BCUT2D eigenvalue weighted by molar-refractivity contribution is -0.161. The third kappa shape index (κ3) is 64.2. The van der Waals surface area contributed by atoms with Crippen LogP contribution in [0.15, 0.2) is 0 Å². The number of ether oxygens (including phenoxy) is 2. The Morgan fingerprint density at radius 3 is 0.782 bits per heavy atom. The SMILES string of the molecule is CCCCCCCCCCCCCCCCCCCCCCCCCCCCCCCCCCCCCCCCCC(=O)OC(COC(=O)CCCCCCCCCCCCCCCCCCCC)COP(=O)(O)OCCN. The predicted octanol–water partition coefficient (Wildman–Crippen LogP) is 22.6. The van der Waals surface area contributed by atoms with Crippen LogP contribution in [-0.2, 0) is 32.7 Å². The van der Waals surface area contributed by atoms with Crippen LogP contribution in [0.4, 0.5) is 0 Å². The molecule has 0 radical (unpaired) electrons. The minimum Gasteiger partial charge on any atom is -0.462 e. The number of carbonyl (C=O) groups is 2. The van der Waals surface area contributed by atoms with Crippen molar-refractivity contribution in [3.05, 3.63) is 0 Å². The molecule has 2 atom stereocenters. The number of esters is 2. The van der Waals surface area contributed by atoms with Crippen LogP contribution in [0, 0.1) is 0 Å². The van der Waals surface area contributed by atoms with Gasteiger partial charge >= 0.3 is 19.8 Å². The number of hydrogen-bond donors (Lipinski definition) is 2. The molecule has 466 valence electrons. The Kier molecular flexibility index (Phi) is 64.3. The fourth-order valence-electron chi connectivity index (χ4n) is 11.1. The molecule has 0 aromatic heterocycles. The van der Waals surface area contributed by atoms with Crippen LogP contribution < -0.4 is 5.73 Å². The average Bonchev–Trinajstić information content (AvgIpc) is 3.43. The average molecular weight is 1130 g/mol. The molecule has 9 nitrogen and oxygen atoms in total. The Labute approximate surface area is 486 Å². The van der Waals surface area contributed by atoms with Crippen molar-refractivity contribution in [2.24, 2.45) is 5.73 Å². The summed E-state index contributed by atoms with van der Waals surface area (Å²) < 4.78 is 33.1. The lowest BCUT2D eigenvalue weighted by Gasteiger charge is -2.19. The van der Waals surface area contributed by atoms with Gasteiger partial charge in [-0.25, -0.2) is 4.57 Å². The third-order valence-corrected chi connectivity index (χ3v) is 17.2. The number of hydrogen-bond acceptors (Lipinski definition) is 8. The number of nitrogens with two attached hydrogens (primary N) is 1. The van der Waals surface area contributed by atoms with Crippen molar-refractivity contribution in [1.29, 1.82) is 0 Å². The summed E-state index contributed by atoms with van der Waals surface area (Å²) in [4.78, 5) is 35.3. The highest BCUT2D eigenvalue weighted by molar-refractivity contribution is 7.47. The monoisotopic (exact) mass is 1130 g/mol. The summed E-state index contributed by atoms with van der Waals surface area (Å²) in [7, 11) is -4.38. The van der Waals surface area contributed by atoms with Crippen LogP contribution in [-0.4, -0.2) is 49.3 Å². The minimum absolute atomic E-state index is 0.0587. The smallest absolute Gasteiger partial charge is 0.462 e. The van der Waals surface area contributed by atoms with Crippen LogP contribution in [0.2, 0.25) is 0 Å². The van der Waals surface area contributed by atoms with Gasteiger partial charge < -0.3 is 20.1 Å². The van der Waals surface area contributed by atoms with Gasteiger partial charge in [-0.15, -0.1) is 0 Å². The van der Waals surface area contributed by atoms with Crippen molar-refractivity contribution in [2.75, 3.05) is 26.4 Å². The van der Waals surface area contributed by atoms with E-state index in [0.717, 1.165) is 32.1 Å². The zero-order valence-electron chi connectivity index (χ0n) is 52.5. The Morgan fingerprint density at radius 2 is 0.551 bits per heavy atom. The van der Waals surface area contributed by atoms with E-state index in [0.29, 0.717) is 6.42 Å². The zero-order chi connectivity index (χ0) is 56.6. The fourth-order valence-corrected chi connectivity index (χ4v) is 11.8. The van der Waals surface area contributed by atoms with E-state index in [1.54, 1.807) is 0 Å². The molecule has 10 heteroatoms. The van der Waals surface area contributed by atoms with Crippen LogP contribution in [0.3, 0.4) is 0 Å². The maximum absolute atomic E-state index is 12.7. The number of phosphoric acid groups is 1. The summed E-state index contributed by atoms with van der Waals surface area (Å²) in [5, 5.41) is 0. The number of phosphoric ester groups is 1. The lowest BCUT2D eigenvalue weighted by Crippen LogP contribution is -2.29. The van der Waals surface area contributed by atoms with Crippen LogP contribution >= 0.6 is 7.82 Å². The lowest BCUT2D eigenvalue weighted by atomic mass is 10.0. The zero-order valence-corrected chi connectivity index (χ0v) is 53.3. The molecule has 0 saturated heterocycles. The topological polar surface area (TPSA) is 134 Å². The molecule has 0 bridgehead atoms. The Morgan fingerprint density at radius 1 is 0.333 bits per heavy atom. The summed E-state index contributed by atoms with van der Waals surface area (Å²) in [6.07, 6.45) is 76.5. The van der Waals surface area contributed by atoms with Crippen molar-refractivity contribution in [3.8, 4) is 0 Å². The molecule has 0 amide bonds. The highest BCUT2D eigenvalue weighted by Gasteiger charge is 2.26. The predicted molar refractivity (Wildman–Crippen MR) is 335 cm³/mol. The number of carbonyl (C=O) groups excluding carboxylic acids is 2. The van der Waals surface area contributed by atoms with Gasteiger partial charge in [0, 0.05) is 19.4 Å². The van der Waals surface area contributed by atoms with Crippen LogP contribution in [0.1, 0.15) is 393 Å². The Bertz CT molecular complexity index is 1240. The number of unbranched alkanes of at least 4 members (excludes halogenated alkanes) is 55. The molecule has 0 aromatic rings. The van der Waals surface area contributed by atoms with Gasteiger partial charge in [-0.2, -0.15) is 0 Å².